The Morgan fingerprint density at radius 3 is 3.06 bits per heavy atom. The summed E-state index contributed by atoms with van der Waals surface area (Å²) in [5.74, 6) is 0. The molecule has 1 unspecified atom stereocenters. The van der Waals surface area contributed by atoms with Crippen LogP contribution in [0.1, 0.15) is 18.0 Å². The summed E-state index contributed by atoms with van der Waals surface area (Å²) in [7, 11) is 0. The molecule has 1 amide bonds. The van der Waals surface area contributed by atoms with E-state index in [0.717, 1.165) is 9.35 Å². The Labute approximate surface area is 116 Å². The second-order valence-electron chi connectivity index (χ2n) is 3.70. The lowest BCUT2D eigenvalue weighted by atomic mass is 10.1. The molecule has 1 atom stereocenters. The number of halogens is 2. The van der Waals surface area contributed by atoms with Crippen LogP contribution in [0.5, 0.6) is 0 Å². The number of carbonyl (C=O) groups is 1. The minimum Gasteiger partial charge on any atom is -0.465 e. The van der Waals surface area contributed by atoms with Crippen LogP contribution in [-0.4, -0.2) is 35.9 Å². The van der Waals surface area contributed by atoms with Gasteiger partial charge in [0.15, 0.2) is 0 Å². The predicted octanol–water partition coefficient (Wildman–Crippen LogP) is 3.61. The van der Waals surface area contributed by atoms with Crippen molar-refractivity contribution >= 4 is 45.0 Å². The lowest BCUT2D eigenvalue weighted by Gasteiger charge is -2.26. The van der Waals surface area contributed by atoms with E-state index >= 15 is 0 Å². The molecule has 0 aromatic carbocycles. The summed E-state index contributed by atoms with van der Waals surface area (Å²) in [5, 5.41) is 9.21. The molecular weight excluding hydrogens is 330 g/mol. The van der Waals surface area contributed by atoms with E-state index in [1.807, 2.05) is 6.07 Å². The highest BCUT2D eigenvalue weighted by molar-refractivity contribution is 9.11. The molecule has 94 valence electrons. The monoisotopic (exact) mass is 339 g/mol. The zero-order chi connectivity index (χ0) is 12.4. The van der Waals surface area contributed by atoms with Gasteiger partial charge in [-0.05, 0) is 28.4 Å². The number of rotatable bonds is 1. The largest absolute Gasteiger partial charge is 0.465 e. The first-order valence-electron chi connectivity index (χ1n) is 5.11. The summed E-state index contributed by atoms with van der Waals surface area (Å²) in [5.41, 5.74) is 0.813. The first-order chi connectivity index (χ1) is 8.09. The molecule has 1 saturated heterocycles. The fraction of sp³-hybridized carbons (Fsp3) is 0.500. The smallest absolute Gasteiger partial charge is 0.407 e. The summed E-state index contributed by atoms with van der Waals surface area (Å²) in [6.07, 6.45) is -0.218. The first kappa shape index (κ1) is 13.1. The average molecular weight is 341 g/mol. The lowest BCUT2D eigenvalue weighted by Crippen LogP contribution is -2.35. The summed E-state index contributed by atoms with van der Waals surface area (Å²) in [4.78, 5) is 12.6. The second kappa shape index (κ2) is 5.56. The molecule has 1 aliphatic heterocycles. The molecule has 0 bridgehead atoms. The van der Waals surface area contributed by atoms with Gasteiger partial charge in [0.2, 0.25) is 0 Å². The molecule has 1 fully saturated rings. The van der Waals surface area contributed by atoms with E-state index in [4.69, 9.17) is 16.3 Å². The Kier molecular flexibility index (Phi) is 4.30. The van der Waals surface area contributed by atoms with Crippen LogP contribution in [0.15, 0.2) is 9.85 Å². The maximum atomic E-state index is 11.2. The first-order valence-corrected chi connectivity index (χ1v) is 7.10. The van der Waals surface area contributed by atoms with Gasteiger partial charge in [0.05, 0.1) is 20.8 Å². The zero-order valence-corrected chi connectivity index (χ0v) is 12.0. The van der Waals surface area contributed by atoms with E-state index in [1.165, 1.54) is 16.2 Å². The molecule has 0 aliphatic carbocycles. The van der Waals surface area contributed by atoms with Crippen LogP contribution in [0.4, 0.5) is 4.79 Å². The van der Waals surface area contributed by atoms with Crippen molar-refractivity contribution in [1.29, 1.82) is 0 Å². The van der Waals surface area contributed by atoms with Crippen LogP contribution in [-0.2, 0) is 4.74 Å². The fourth-order valence-electron chi connectivity index (χ4n) is 1.84. The Bertz CT molecular complexity index is 426. The van der Waals surface area contributed by atoms with Crippen LogP contribution < -0.4 is 0 Å². The second-order valence-corrected chi connectivity index (χ2v) is 6.73. The van der Waals surface area contributed by atoms with Gasteiger partial charge in [-0.15, -0.1) is 11.3 Å². The molecule has 2 heterocycles. The van der Waals surface area contributed by atoms with Crippen LogP contribution in [0.2, 0.25) is 4.34 Å². The van der Waals surface area contributed by atoms with Crippen molar-refractivity contribution in [3.05, 3.63) is 19.8 Å². The summed E-state index contributed by atoms with van der Waals surface area (Å²) in [6, 6.07) is 1.55. The topological polar surface area (TPSA) is 49.8 Å². The van der Waals surface area contributed by atoms with Gasteiger partial charge >= 0.3 is 6.09 Å². The number of carboxylic acid groups (broad SMARTS) is 1. The highest BCUT2D eigenvalue weighted by atomic mass is 79.9. The van der Waals surface area contributed by atoms with E-state index in [0.29, 0.717) is 30.5 Å². The Hall–Kier alpha value is -0.300. The molecule has 0 spiro atoms. The summed E-state index contributed by atoms with van der Waals surface area (Å²) >= 11 is 10.9. The van der Waals surface area contributed by atoms with Crippen molar-refractivity contribution in [3.63, 3.8) is 0 Å². The third kappa shape index (κ3) is 2.93. The van der Waals surface area contributed by atoms with Gasteiger partial charge in [-0.25, -0.2) is 4.79 Å². The molecule has 1 N–H and O–H groups in total. The predicted molar refractivity (Wildman–Crippen MR) is 69.9 cm³/mol. The van der Waals surface area contributed by atoms with E-state index in [9.17, 15) is 9.90 Å². The normalized spacial score (nSPS) is 21.3. The van der Waals surface area contributed by atoms with Crippen molar-refractivity contribution in [3.8, 4) is 0 Å². The number of thiophene rings is 1. The standard InChI is InChI=1S/C10H11BrClNO3S/c11-8-4-6(9(12)17-8)7-5-16-3-1-2-13(7)10(14)15/h4,7H,1-3,5H2,(H,14,15). The van der Waals surface area contributed by atoms with Gasteiger partial charge in [0, 0.05) is 18.7 Å². The molecule has 2 rings (SSSR count). The van der Waals surface area contributed by atoms with Crippen LogP contribution in [0, 0.1) is 0 Å². The maximum absolute atomic E-state index is 11.2. The zero-order valence-electron chi connectivity index (χ0n) is 8.86. The van der Waals surface area contributed by atoms with Crippen LogP contribution in [0.3, 0.4) is 0 Å². The Morgan fingerprint density at radius 1 is 1.71 bits per heavy atom. The molecule has 0 radical (unpaired) electrons. The Morgan fingerprint density at radius 2 is 2.47 bits per heavy atom. The minimum absolute atomic E-state index is 0.315. The van der Waals surface area contributed by atoms with Gasteiger partial charge in [-0.2, -0.15) is 0 Å². The average Bonchev–Trinajstić information content (AvgIpc) is 2.51. The van der Waals surface area contributed by atoms with Crippen molar-refractivity contribution in [2.75, 3.05) is 19.8 Å². The van der Waals surface area contributed by atoms with E-state index in [-0.39, 0.29) is 6.04 Å². The minimum atomic E-state index is -0.932. The van der Waals surface area contributed by atoms with Gasteiger partial charge in [0.1, 0.15) is 0 Å². The van der Waals surface area contributed by atoms with Crippen molar-refractivity contribution < 1.29 is 14.6 Å². The van der Waals surface area contributed by atoms with E-state index in [2.05, 4.69) is 15.9 Å². The molecule has 0 saturated carbocycles. The quantitative estimate of drug-likeness (QED) is 0.849. The lowest BCUT2D eigenvalue weighted by molar-refractivity contribution is 0.0906. The Balaban J connectivity index is 2.31. The summed E-state index contributed by atoms with van der Waals surface area (Å²) < 4.78 is 6.94. The van der Waals surface area contributed by atoms with Crippen LogP contribution >= 0.6 is 38.9 Å². The molecule has 4 nitrogen and oxygen atoms in total. The molecule has 1 aromatic rings. The van der Waals surface area contributed by atoms with Crippen molar-refractivity contribution in [2.24, 2.45) is 0 Å². The van der Waals surface area contributed by atoms with Gasteiger partial charge in [-0.3, -0.25) is 4.90 Å². The van der Waals surface area contributed by atoms with E-state index < -0.39 is 6.09 Å². The maximum Gasteiger partial charge on any atom is 0.407 e. The fourth-order valence-corrected chi connectivity index (χ4v) is 3.96. The molecule has 7 heteroatoms. The third-order valence-electron chi connectivity index (χ3n) is 2.63. The third-order valence-corrected chi connectivity index (χ3v) is 4.52. The SMILES string of the molecule is O=C(O)N1CCCOCC1c1cc(Br)sc1Cl. The molecular formula is C10H11BrClNO3S. The molecule has 17 heavy (non-hydrogen) atoms. The molecule has 1 aliphatic rings. The number of hydrogen-bond acceptors (Lipinski definition) is 3. The van der Waals surface area contributed by atoms with E-state index in [1.54, 1.807) is 0 Å². The highest BCUT2D eigenvalue weighted by Crippen LogP contribution is 2.38. The van der Waals surface area contributed by atoms with Crippen LogP contribution in [0.25, 0.3) is 0 Å². The number of ether oxygens (including phenoxy) is 1. The number of hydrogen-bond donors (Lipinski definition) is 1. The number of amides is 1. The van der Waals surface area contributed by atoms with Crippen molar-refractivity contribution in [2.45, 2.75) is 12.5 Å². The molecule has 1 aromatic heterocycles. The summed E-state index contributed by atoms with van der Waals surface area (Å²) in [6.45, 7) is 1.42. The van der Waals surface area contributed by atoms with Crippen molar-refractivity contribution in [1.82, 2.24) is 4.90 Å². The van der Waals surface area contributed by atoms with Gasteiger partial charge in [-0.1, -0.05) is 11.6 Å². The highest BCUT2D eigenvalue weighted by Gasteiger charge is 2.29. The van der Waals surface area contributed by atoms with Gasteiger partial charge in [0.25, 0.3) is 0 Å². The number of nitrogens with zero attached hydrogens (tertiary/aromatic N) is 1. The van der Waals surface area contributed by atoms with Gasteiger partial charge < -0.3 is 9.84 Å².